The summed E-state index contributed by atoms with van der Waals surface area (Å²) >= 11 is 0. The van der Waals surface area contributed by atoms with Gasteiger partial charge in [0, 0.05) is 5.56 Å². The summed E-state index contributed by atoms with van der Waals surface area (Å²) in [6.07, 6.45) is -1.31. The maximum atomic E-state index is 12.4. The Morgan fingerprint density at radius 1 is 1.04 bits per heavy atom. The minimum atomic E-state index is -0.663. The van der Waals surface area contributed by atoms with E-state index in [4.69, 9.17) is 14.2 Å². The second-order valence-electron chi connectivity index (χ2n) is 6.88. The van der Waals surface area contributed by atoms with Crippen molar-refractivity contribution in [2.45, 2.75) is 37.1 Å². The van der Waals surface area contributed by atoms with Gasteiger partial charge in [-0.1, -0.05) is 65.9 Å². The van der Waals surface area contributed by atoms with Crippen LogP contribution in [0.4, 0.5) is 0 Å². The van der Waals surface area contributed by atoms with Crippen LogP contribution in [0.2, 0.25) is 0 Å². The number of fused-ring (bicyclic) bond motifs is 3. The Balaban J connectivity index is 1.40. The third-order valence-corrected chi connectivity index (χ3v) is 5.12. The first-order valence-corrected chi connectivity index (χ1v) is 9.03. The molecule has 0 saturated carbocycles. The van der Waals surface area contributed by atoms with E-state index in [1.807, 2.05) is 65.7 Å². The van der Waals surface area contributed by atoms with Gasteiger partial charge in [0.05, 0.1) is 13.2 Å². The van der Waals surface area contributed by atoms with Crippen LogP contribution in [0.15, 0.2) is 71.0 Å². The number of benzene rings is 2. The molecular weight excluding hydrogens is 346 g/mol. The lowest BCUT2D eigenvalue weighted by atomic mass is 9.94. The number of rotatable bonds is 3. The van der Waals surface area contributed by atoms with E-state index in [0.29, 0.717) is 13.2 Å². The van der Waals surface area contributed by atoms with Gasteiger partial charge >= 0.3 is 5.97 Å². The zero-order valence-corrected chi connectivity index (χ0v) is 14.5. The van der Waals surface area contributed by atoms with Gasteiger partial charge in [-0.15, -0.1) is 0 Å². The number of hydrogen-bond donors (Lipinski definition) is 0. The molecule has 5 rings (SSSR count). The minimum absolute atomic E-state index is 0.290. The number of esters is 1. The third-order valence-electron chi connectivity index (χ3n) is 5.12. The van der Waals surface area contributed by atoms with Crippen LogP contribution in [0.1, 0.15) is 17.4 Å². The summed E-state index contributed by atoms with van der Waals surface area (Å²) in [5.74, 6) is -0.370. The summed E-state index contributed by atoms with van der Waals surface area (Å²) in [5.41, 5.74) is 2.03. The van der Waals surface area contributed by atoms with Crippen LogP contribution >= 0.6 is 0 Å². The Hall–Kier alpha value is -2.77. The summed E-state index contributed by atoms with van der Waals surface area (Å²) < 4.78 is 17.6. The van der Waals surface area contributed by atoms with E-state index < -0.39 is 18.4 Å². The van der Waals surface area contributed by atoms with Crippen LogP contribution in [0.25, 0.3) is 0 Å². The topological polar surface area (TPSA) is 72.7 Å². The molecule has 0 N–H and O–H groups in total. The predicted molar refractivity (Wildman–Crippen MR) is 94.3 cm³/mol. The predicted octanol–water partition coefficient (Wildman–Crippen LogP) is 2.65. The normalized spacial score (nSPS) is 31.9. The van der Waals surface area contributed by atoms with Gasteiger partial charge in [0.1, 0.15) is 12.1 Å². The summed E-state index contributed by atoms with van der Waals surface area (Å²) in [4.78, 5) is 12.4. The van der Waals surface area contributed by atoms with Gasteiger partial charge in [-0.2, -0.15) is 5.11 Å². The minimum Gasteiger partial charge on any atom is -0.455 e. The average Bonchev–Trinajstić information content (AvgIpc) is 3.14. The smallest absolute Gasteiger partial charge is 0.335 e. The molecule has 2 aromatic carbocycles. The second-order valence-corrected chi connectivity index (χ2v) is 6.88. The van der Waals surface area contributed by atoms with Crippen molar-refractivity contribution in [3.8, 4) is 0 Å². The highest BCUT2D eigenvalue weighted by Crippen LogP contribution is 2.38. The van der Waals surface area contributed by atoms with Gasteiger partial charge in [-0.05, 0) is 5.56 Å². The number of nitrogens with zero attached hydrogens (tertiary/aromatic N) is 3. The SMILES string of the molecule is O=C1O[C@@H]2CO[C@@H](c3ccccc3)O[C@H]2[C@@H]2[C@H]1N=NN2Cc1ccccc1. The number of carbonyl (C=O) groups excluding carboxylic acids is 1. The van der Waals surface area contributed by atoms with Crippen molar-refractivity contribution in [2.75, 3.05) is 6.61 Å². The molecule has 2 saturated heterocycles. The quantitative estimate of drug-likeness (QED) is 0.782. The molecule has 138 valence electrons. The molecule has 27 heavy (non-hydrogen) atoms. The van der Waals surface area contributed by atoms with Crippen LogP contribution in [0.5, 0.6) is 0 Å². The van der Waals surface area contributed by atoms with Crippen molar-refractivity contribution in [3.63, 3.8) is 0 Å². The maximum absolute atomic E-state index is 12.4. The zero-order valence-electron chi connectivity index (χ0n) is 14.5. The largest absolute Gasteiger partial charge is 0.455 e. The van der Waals surface area contributed by atoms with Crippen molar-refractivity contribution >= 4 is 5.97 Å². The van der Waals surface area contributed by atoms with Crippen molar-refractivity contribution in [2.24, 2.45) is 10.3 Å². The standard InChI is InChI=1S/C20H19N3O4/c24-19-16-17(23(22-21-16)11-13-7-3-1-4-8-13)18-15(26-19)12-25-20(27-18)14-9-5-2-6-10-14/h1-10,15-18,20H,11-12H2/t15-,16-,17+,18-,20-/m1/s1. The van der Waals surface area contributed by atoms with Gasteiger partial charge in [0.2, 0.25) is 0 Å². The molecule has 5 atom stereocenters. The Bertz CT molecular complexity index is 845. The molecule has 2 fully saturated rings. The summed E-state index contributed by atoms with van der Waals surface area (Å²) in [6, 6.07) is 18.8. The van der Waals surface area contributed by atoms with E-state index in [1.165, 1.54) is 0 Å². The number of carbonyl (C=O) groups is 1. The lowest BCUT2D eigenvalue weighted by Gasteiger charge is -2.44. The first kappa shape index (κ1) is 16.4. The fourth-order valence-electron chi connectivity index (χ4n) is 3.81. The van der Waals surface area contributed by atoms with E-state index >= 15 is 0 Å². The molecule has 0 radical (unpaired) electrons. The molecule has 0 amide bonds. The lowest BCUT2D eigenvalue weighted by molar-refractivity contribution is -0.284. The van der Waals surface area contributed by atoms with E-state index in [-0.39, 0.29) is 18.1 Å². The molecular formula is C20H19N3O4. The molecule has 7 nitrogen and oxygen atoms in total. The highest BCUT2D eigenvalue weighted by molar-refractivity contribution is 5.78. The number of hydrogen-bond acceptors (Lipinski definition) is 7. The van der Waals surface area contributed by atoms with Crippen LogP contribution in [-0.2, 0) is 25.5 Å². The lowest BCUT2D eigenvalue weighted by Crippen LogP contribution is -2.62. The van der Waals surface area contributed by atoms with Crippen LogP contribution in [0.3, 0.4) is 0 Å². The van der Waals surface area contributed by atoms with Crippen molar-refractivity contribution in [1.29, 1.82) is 0 Å². The third kappa shape index (κ3) is 2.98. The van der Waals surface area contributed by atoms with E-state index in [9.17, 15) is 4.79 Å². The molecule has 3 aliphatic heterocycles. The Labute approximate surface area is 156 Å². The van der Waals surface area contributed by atoms with Crippen LogP contribution in [0, 0.1) is 0 Å². The first-order chi connectivity index (χ1) is 13.3. The monoisotopic (exact) mass is 365 g/mol. The van der Waals surface area contributed by atoms with Gasteiger partial charge in [-0.25, -0.2) is 4.79 Å². The molecule has 0 unspecified atom stereocenters. The van der Waals surface area contributed by atoms with Crippen molar-refractivity contribution < 1.29 is 19.0 Å². The molecule has 0 spiro atoms. The summed E-state index contributed by atoms with van der Waals surface area (Å²) in [7, 11) is 0. The first-order valence-electron chi connectivity index (χ1n) is 9.03. The Morgan fingerprint density at radius 3 is 2.56 bits per heavy atom. The Morgan fingerprint density at radius 2 is 1.78 bits per heavy atom. The van der Waals surface area contributed by atoms with Gasteiger partial charge in [0.25, 0.3) is 0 Å². The fraction of sp³-hybridized carbons (Fsp3) is 0.350. The summed E-state index contributed by atoms with van der Waals surface area (Å²) in [6.45, 7) is 0.848. The molecule has 2 aromatic rings. The highest BCUT2D eigenvalue weighted by atomic mass is 16.7. The molecule has 0 aromatic heterocycles. The van der Waals surface area contributed by atoms with Gasteiger partial charge < -0.3 is 14.2 Å². The van der Waals surface area contributed by atoms with E-state index in [1.54, 1.807) is 0 Å². The van der Waals surface area contributed by atoms with E-state index in [2.05, 4.69) is 10.3 Å². The van der Waals surface area contributed by atoms with Crippen molar-refractivity contribution in [3.05, 3.63) is 71.8 Å². The molecule has 7 heteroatoms. The maximum Gasteiger partial charge on any atom is 0.335 e. The van der Waals surface area contributed by atoms with Gasteiger partial charge in [0.15, 0.2) is 18.4 Å². The highest BCUT2D eigenvalue weighted by Gasteiger charge is 2.55. The zero-order chi connectivity index (χ0) is 18.2. The molecule has 3 heterocycles. The Kier molecular flexibility index (Phi) is 4.10. The molecule has 0 bridgehead atoms. The van der Waals surface area contributed by atoms with Crippen LogP contribution in [-0.4, -0.2) is 41.9 Å². The number of ether oxygens (including phenoxy) is 3. The molecule has 3 aliphatic rings. The van der Waals surface area contributed by atoms with E-state index in [0.717, 1.165) is 11.1 Å². The molecule has 0 aliphatic carbocycles. The second kappa shape index (κ2) is 6.75. The summed E-state index contributed by atoms with van der Waals surface area (Å²) in [5, 5.41) is 10.3. The van der Waals surface area contributed by atoms with Crippen LogP contribution < -0.4 is 0 Å². The van der Waals surface area contributed by atoms with Gasteiger partial charge in [-0.3, -0.25) is 5.01 Å². The van der Waals surface area contributed by atoms with Crippen molar-refractivity contribution in [1.82, 2.24) is 5.01 Å². The fourth-order valence-corrected chi connectivity index (χ4v) is 3.81. The average molecular weight is 365 g/mol.